The van der Waals surface area contributed by atoms with Gasteiger partial charge in [-0.1, -0.05) is 0 Å². The molecule has 0 atom stereocenters. The topological polar surface area (TPSA) is 19.0 Å². The molecule has 3 aliphatic rings. The van der Waals surface area contributed by atoms with Crippen molar-refractivity contribution in [3.8, 4) is 0 Å². The summed E-state index contributed by atoms with van der Waals surface area (Å²) >= 11 is 0. The van der Waals surface area contributed by atoms with Gasteiger partial charge in [0.1, 0.15) is 0 Å². The van der Waals surface area contributed by atoms with Crippen molar-refractivity contribution in [1.82, 2.24) is 14.7 Å². The summed E-state index contributed by atoms with van der Waals surface area (Å²) in [5.74, 6) is 0.933. The number of ether oxygens (including phenoxy) is 1. The van der Waals surface area contributed by atoms with E-state index in [2.05, 4.69) is 14.7 Å². The Balaban J connectivity index is 1.31. The summed E-state index contributed by atoms with van der Waals surface area (Å²) in [6.07, 6.45) is 8.45. The van der Waals surface area contributed by atoms with E-state index in [-0.39, 0.29) is 0 Å². The highest BCUT2D eigenvalue weighted by molar-refractivity contribution is 4.84. The molecule has 0 amide bonds. The third kappa shape index (κ3) is 4.67. The van der Waals surface area contributed by atoms with Gasteiger partial charge in [-0.25, -0.2) is 0 Å². The lowest BCUT2D eigenvalue weighted by atomic mass is 9.94. The average molecular weight is 309 g/mol. The zero-order chi connectivity index (χ0) is 15.2. The SMILES string of the molecule is COCCN1CCC(CN2CCC(N3CCCC3)CC2)CC1. The molecule has 4 heteroatoms. The average Bonchev–Trinajstić information content (AvgIpc) is 3.09. The number of methoxy groups -OCH3 is 1. The normalized spacial score (nSPS) is 27.7. The van der Waals surface area contributed by atoms with Crippen molar-refractivity contribution in [3.63, 3.8) is 0 Å². The van der Waals surface area contributed by atoms with Crippen LogP contribution in [0.5, 0.6) is 0 Å². The van der Waals surface area contributed by atoms with Gasteiger partial charge in [-0.2, -0.15) is 0 Å². The third-order valence-electron chi connectivity index (χ3n) is 6.05. The summed E-state index contributed by atoms with van der Waals surface area (Å²) in [6.45, 7) is 11.3. The minimum Gasteiger partial charge on any atom is -0.383 e. The fraction of sp³-hybridized carbons (Fsp3) is 1.00. The Morgan fingerprint density at radius 2 is 1.45 bits per heavy atom. The van der Waals surface area contributed by atoms with E-state index in [0.29, 0.717) is 0 Å². The van der Waals surface area contributed by atoms with Gasteiger partial charge in [0.25, 0.3) is 0 Å². The first-order valence-corrected chi connectivity index (χ1v) is 9.53. The van der Waals surface area contributed by atoms with Crippen molar-refractivity contribution in [1.29, 1.82) is 0 Å². The summed E-state index contributed by atoms with van der Waals surface area (Å²) in [5.41, 5.74) is 0. The van der Waals surface area contributed by atoms with Gasteiger partial charge >= 0.3 is 0 Å². The molecule has 0 radical (unpaired) electrons. The van der Waals surface area contributed by atoms with Gasteiger partial charge < -0.3 is 19.4 Å². The number of piperidine rings is 2. The van der Waals surface area contributed by atoms with Crippen LogP contribution in [0.4, 0.5) is 0 Å². The lowest BCUT2D eigenvalue weighted by molar-refractivity contribution is 0.0849. The fourth-order valence-corrected chi connectivity index (χ4v) is 4.55. The smallest absolute Gasteiger partial charge is 0.0589 e. The van der Waals surface area contributed by atoms with E-state index in [4.69, 9.17) is 4.74 Å². The van der Waals surface area contributed by atoms with E-state index in [0.717, 1.165) is 25.1 Å². The number of rotatable bonds is 6. The molecule has 128 valence electrons. The highest BCUT2D eigenvalue weighted by Crippen LogP contribution is 2.24. The van der Waals surface area contributed by atoms with Gasteiger partial charge in [0, 0.05) is 26.2 Å². The monoisotopic (exact) mass is 309 g/mol. The maximum absolute atomic E-state index is 5.19. The van der Waals surface area contributed by atoms with E-state index < -0.39 is 0 Å². The fourth-order valence-electron chi connectivity index (χ4n) is 4.55. The molecule has 3 saturated heterocycles. The van der Waals surface area contributed by atoms with Crippen LogP contribution in [0.2, 0.25) is 0 Å². The van der Waals surface area contributed by atoms with Crippen LogP contribution in [-0.2, 0) is 4.74 Å². The molecule has 0 spiro atoms. The number of hydrogen-bond donors (Lipinski definition) is 0. The Bertz CT molecular complexity index is 303. The Labute approximate surface area is 136 Å². The number of hydrogen-bond acceptors (Lipinski definition) is 4. The zero-order valence-electron chi connectivity index (χ0n) is 14.5. The molecule has 0 N–H and O–H groups in total. The summed E-state index contributed by atoms with van der Waals surface area (Å²) in [5, 5.41) is 0. The van der Waals surface area contributed by atoms with E-state index in [1.165, 1.54) is 84.3 Å². The lowest BCUT2D eigenvalue weighted by Crippen LogP contribution is -2.46. The van der Waals surface area contributed by atoms with Crippen molar-refractivity contribution in [2.24, 2.45) is 5.92 Å². The van der Waals surface area contributed by atoms with Gasteiger partial charge in [0.05, 0.1) is 6.61 Å². The summed E-state index contributed by atoms with van der Waals surface area (Å²) in [4.78, 5) is 8.08. The molecule has 0 aliphatic carbocycles. The summed E-state index contributed by atoms with van der Waals surface area (Å²) in [7, 11) is 1.80. The van der Waals surface area contributed by atoms with E-state index >= 15 is 0 Å². The largest absolute Gasteiger partial charge is 0.383 e. The maximum atomic E-state index is 5.19. The predicted molar refractivity (Wildman–Crippen MR) is 91.3 cm³/mol. The molecule has 0 saturated carbocycles. The van der Waals surface area contributed by atoms with Crippen molar-refractivity contribution in [2.75, 3.05) is 66.1 Å². The van der Waals surface area contributed by atoms with Crippen LogP contribution in [0.15, 0.2) is 0 Å². The van der Waals surface area contributed by atoms with Crippen LogP contribution in [0.25, 0.3) is 0 Å². The van der Waals surface area contributed by atoms with E-state index in [1.54, 1.807) is 7.11 Å². The third-order valence-corrected chi connectivity index (χ3v) is 6.05. The standard InChI is InChI=1S/C18H35N3O/c1-22-15-14-19-10-4-17(5-11-19)16-20-12-6-18(7-13-20)21-8-2-3-9-21/h17-18H,2-16H2,1H3. The second-order valence-corrected chi connectivity index (χ2v) is 7.55. The van der Waals surface area contributed by atoms with Gasteiger partial charge in [-0.05, 0) is 83.7 Å². The number of likely N-dealkylation sites (tertiary alicyclic amines) is 3. The van der Waals surface area contributed by atoms with E-state index in [9.17, 15) is 0 Å². The second kappa shape index (κ2) is 8.62. The quantitative estimate of drug-likeness (QED) is 0.746. The van der Waals surface area contributed by atoms with Crippen molar-refractivity contribution < 1.29 is 4.74 Å². The molecule has 4 nitrogen and oxygen atoms in total. The molecule has 3 heterocycles. The molecule has 0 bridgehead atoms. The molecule has 0 unspecified atom stereocenters. The highest BCUT2D eigenvalue weighted by atomic mass is 16.5. The molecular weight excluding hydrogens is 274 g/mol. The maximum Gasteiger partial charge on any atom is 0.0589 e. The molecule has 22 heavy (non-hydrogen) atoms. The first-order valence-electron chi connectivity index (χ1n) is 9.53. The van der Waals surface area contributed by atoms with Crippen LogP contribution >= 0.6 is 0 Å². The van der Waals surface area contributed by atoms with Crippen LogP contribution in [0.3, 0.4) is 0 Å². The summed E-state index contributed by atoms with van der Waals surface area (Å²) < 4.78 is 5.19. The Kier molecular flexibility index (Phi) is 6.54. The van der Waals surface area contributed by atoms with Crippen LogP contribution in [0.1, 0.15) is 38.5 Å². The highest BCUT2D eigenvalue weighted by Gasteiger charge is 2.28. The van der Waals surface area contributed by atoms with Crippen LogP contribution in [-0.4, -0.2) is 86.8 Å². The minimum atomic E-state index is 0.884. The Morgan fingerprint density at radius 3 is 2.09 bits per heavy atom. The first kappa shape index (κ1) is 16.7. The van der Waals surface area contributed by atoms with Gasteiger partial charge in [-0.15, -0.1) is 0 Å². The molecule has 0 aromatic carbocycles. The van der Waals surface area contributed by atoms with E-state index in [1.807, 2.05) is 0 Å². The predicted octanol–water partition coefficient (Wildman–Crippen LogP) is 1.91. The van der Waals surface area contributed by atoms with Gasteiger partial charge in [0.2, 0.25) is 0 Å². The van der Waals surface area contributed by atoms with Crippen LogP contribution in [0, 0.1) is 5.92 Å². The summed E-state index contributed by atoms with van der Waals surface area (Å²) in [6, 6.07) is 0.898. The van der Waals surface area contributed by atoms with Crippen LogP contribution < -0.4 is 0 Å². The first-order chi connectivity index (χ1) is 10.8. The molecule has 3 aliphatic heterocycles. The Morgan fingerprint density at radius 1 is 0.818 bits per heavy atom. The zero-order valence-corrected chi connectivity index (χ0v) is 14.5. The van der Waals surface area contributed by atoms with Crippen molar-refractivity contribution in [3.05, 3.63) is 0 Å². The molecule has 0 aromatic rings. The second-order valence-electron chi connectivity index (χ2n) is 7.55. The van der Waals surface area contributed by atoms with Crippen molar-refractivity contribution in [2.45, 2.75) is 44.6 Å². The molecular formula is C18H35N3O. The lowest BCUT2D eigenvalue weighted by Gasteiger charge is -2.39. The molecule has 3 rings (SSSR count). The minimum absolute atomic E-state index is 0.884. The van der Waals surface area contributed by atoms with Gasteiger partial charge in [0.15, 0.2) is 0 Å². The number of nitrogens with zero attached hydrogens (tertiary/aromatic N) is 3. The molecule has 3 fully saturated rings. The van der Waals surface area contributed by atoms with Gasteiger partial charge in [-0.3, -0.25) is 0 Å². The van der Waals surface area contributed by atoms with Crippen molar-refractivity contribution >= 4 is 0 Å². The Hall–Kier alpha value is -0.160. The molecule has 0 aromatic heterocycles.